The molecule has 0 saturated carbocycles. The van der Waals surface area contributed by atoms with Crippen LogP contribution in [0, 0.1) is 11.8 Å². The Morgan fingerprint density at radius 3 is 2.27 bits per heavy atom. The zero-order valence-corrected chi connectivity index (χ0v) is 13.6. The second-order valence-electron chi connectivity index (χ2n) is 7.10. The smallest absolute Gasteiger partial charge is 0.226 e. The molecule has 0 bridgehead atoms. The molecular formula is C17H29N3O2. The zero-order valence-electron chi connectivity index (χ0n) is 13.6. The molecule has 3 aliphatic rings. The Morgan fingerprint density at radius 1 is 0.909 bits per heavy atom. The molecule has 0 aromatic carbocycles. The van der Waals surface area contributed by atoms with E-state index in [-0.39, 0.29) is 5.92 Å². The van der Waals surface area contributed by atoms with Crippen molar-refractivity contribution >= 4 is 11.8 Å². The molecule has 5 heteroatoms. The molecule has 3 aliphatic heterocycles. The van der Waals surface area contributed by atoms with E-state index >= 15 is 0 Å². The van der Waals surface area contributed by atoms with Crippen molar-refractivity contribution in [3.05, 3.63) is 0 Å². The molecule has 3 saturated heterocycles. The van der Waals surface area contributed by atoms with Crippen LogP contribution in [0.15, 0.2) is 0 Å². The topological polar surface area (TPSA) is 52.7 Å². The first-order valence-electron chi connectivity index (χ1n) is 9.01. The van der Waals surface area contributed by atoms with Gasteiger partial charge in [0.05, 0.1) is 5.92 Å². The number of amides is 2. The van der Waals surface area contributed by atoms with E-state index in [1.54, 1.807) is 0 Å². The normalized spacial score (nSPS) is 27.2. The number of nitrogens with zero attached hydrogens (tertiary/aromatic N) is 2. The molecule has 0 spiro atoms. The summed E-state index contributed by atoms with van der Waals surface area (Å²) in [4.78, 5) is 28.8. The van der Waals surface area contributed by atoms with E-state index in [4.69, 9.17) is 0 Å². The summed E-state index contributed by atoms with van der Waals surface area (Å²) in [5.74, 6) is 1.31. The van der Waals surface area contributed by atoms with Crippen LogP contribution in [-0.2, 0) is 9.59 Å². The standard InChI is InChI=1S/C17H29N3O2/c21-16(19-8-1-2-9-19)12-14-5-10-20(11-6-14)17(22)15-4-3-7-18-13-15/h14-15,18H,1-13H2. The van der Waals surface area contributed by atoms with E-state index < -0.39 is 0 Å². The van der Waals surface area contributed by atoms with Gasteiger partial charge in [-0.25, -0.2) is 0 Å². The van der Waals surface area contributed by atoms with Crippen LogP contribution in [0.3, 0.4) is 0 Å². The first kappa shape index (κ1) is 15.8. The highest BCUT2D eigenvalue weighted by Gasteiger charge is 2.30. The molecule has 3 heterocycles. The number of likely N-dealkylation sites (tertiary alicyclic amines) is 2. The quantitative estimate of drug-likeness (QED) is 0.853. The lowest BCUT2D eigenvalue weighted by molar-refractivity contribution is -0.137. The number of hydrogen-bond acceptors (Lipinski definition) is 3. The van der Waals surface area contributed by atoms with E-state index in [1.807, 2.05) is 9.80 Å². The van der Waals surface area contributed by atoms with Gasteiger partial charge in [0.2, 0.25) is 11.8 Å². The van der Waals surface area contributed by atoms with Gasteiger partial charge in [0.1, 0.15) is 0 Å². The third kappa shape index (κ3) is 3.80. The first-order valence-corrected chi connectivity index (χ1v) is 9.01. The predicted molar refractivity (Wildman–Crippen MR) is 85.3 cm³/mol. The lowest BCUT2D eigenvalue weighted by Gasteiger charge is -2.35. The minimum atomic E-state index is 0.177. The summed E-state index contributed by atoms with van der Waals surface area (Å²) in [5, 5.41) is 3.32. The van der Waals surface area contributed by atoms with Crippen LogP contribution in [0.25, 0.3) is 0 Å². The summed E-state index contributed by atoms with van der Waals surface area (Å²) in [6.07, 6.45) is 7.13. The summed E-state index contributed by atoms with van der Waals surface area (Å²) in [6.45, 7) is 5.47. The largest absolute Gasteiger partial charge is 0.343 e. The van der Waals surface area contributed by atoms with Gasteiger partial charge in [-0.05, 0) is 51.0 Å². The van der Waals surface area contributed by atoms with Gasteiger partial charge in [-0.3, -0.25) is 9.59 Å². The number of nitrogens with one attached hydrogen (secondary N) is 1. The minimum absolute atomic E-state index is 0.177. The minimum Gasteiger partial charge on any atom is -0.343 e. The Bertz CT molecular complexity index is 393. The Kier molecular flexibility index (Phi) is 5.34. The molecule has 22 heavy (non-hydrogen) atoms. The number of carbonyl (C=O) groups is 2. The third-order valence-electron chi connectivity index (χ3n) is 5.49. The summed E-state index contributed by atoms with van der Waals surface area (Å²) < 4.78 is 0. The van der Waals surface area contributed by atoms with Crippen molar-refractivity contribution < 1.29 is 9.59 Å². The molecule has 1 atom stereocenters. The van der Waals surface area contributed by atoms with Crippen molar-refractivity contribution in [1.29, 1.82) is 0 Å². The van der Waals surface area contributed by atoms with Crippen LogP contribution >= 0.6 is 0 Å². The Balaban J connectivity index is 1.41. The molecule has 0 aliphatic carbocycles. The van der Waals surface area contributed by atoms with Crippen molar-refractivity contribution in [3.8, 4) is 0 Å². The van der Waals surface area contributed by atoms with Crippen LogP contribution in [0.5, 0.6) is 0 Å². The van der Waals surface area contributed by atoms with Crippen molar-refractivity contribution in [1.82, 2.24) is 15.1 Å². The Labute approximate surface area is 133 Å². The van der Waals surface area contributed by atoms with Gasteiger partial charge in [0, 0.05) is 39.1 Å². The van der Waals surface area contributed by atoms with Crippen LogP contribution in [-0.4, -0.2) is 60.9 Å². The summed E-state index contributed by atoms with van der Waals surface area (Å²) in [6, 6.07) is 0. The first-order chi connectivity index (χ1) is 10.7. The highest BCUT2D eigenvalue weighted by Crippen LogP contribution is 2.24. The van der Waals surface area contributed by atoms with Gasteiger partial charge in [-0.15, -0.1) is 0 Å². The molecule has 0 aromatic rings. The fourth-order valence-corrected chi connectivity index (χ4v) is 4.02. The second-order valence-corrected chi connectivity index (χ2v) is 7.10. The highest BCUT2D eigenvalue weighted by molar-refractivity contribution is 5.79. The van der Waals surface area contributed by atoms with Gasteiger partial charge < -0.3 is 15.1 Å². The molecule has 1 unspecified atom stereocenters. The fraction of sp³-hybridized carbons (Fsp3) is 0.882. The molecule has 5 nitrogen and oxygen atoms in total. The molecule has 3 rings (SSSR count). The molecule has 1 N–H and O–H groups in total. The summed E-state index contributed by atoms with van der Waals surface area (Å²) in [7, 11) is 0. The number of carbonyl (C=O) groups excluding carboxylic acids is 2. The van der Waals surface area contributed by atoms with Crippen molar-refractivity contribution in [2.45, 2.75) is 44.9 Å². The summed E-state index contributed by atoms with van der Waals surface area (Å²) in [5.41, 5.74) is 0. The van der Waals surface area contributed by atoms with Crippen LogP contribution in [0.2, 0.25) is 0 Å². The molecule has 2 amide bonds. The fourth-order valence-electron chi connectivity index (χ4n) is 4.02. The van der Waals surface area contributed by atoms with Crippen molar-refractivity contribution in [2.24, 2.45) is 11.8 Å². The predicted octanol–water partition coefficient (Wildman–Crippen LogP) is 1.24. The maximum atomic E-state index is 12.5. The lowest BCUT2D eigenvalue weighted by Crippen LogP contribution is -2.46. The zero-order chi connectivity index (χ0) is 15.4. The average molecular weight is 307 g/mol. The molecular weight excluding hydrogens is 278 g/mol. The van der Waals surface area contributed by atoms with Crippen LogP contribution in [0.4, 0.5) is 0 Å². The van der Waals surface area contributed by atoms with E-state index in [0.717, 1.165) is 77.8 Å². The van der Waals surface area contributed by atoms with Gasteiger partial charge in [-0.2, -0.15) is 0 Å². The molecule has 3 fully saturated rings. The second kappa shape index (κ2) is 7.44. The maximum Gasteiger partial charge on any atom is 0.226 e. The Morgan fingerprint density at radius 2 is 1.64 bits per heavy atom. The highest BCUT2D eigenvalue weighted by atomic mass is 16.2. The van der Waals surface area contributed by atoms with Gasteiger partial charge >= 0.3 is 0 Å². The number of rotatable bonds is 3. The SMILES string of the molecule is O=C(CC1CCN(C(=O)C2CCCNC2)CC1)N1CCCC1. The van der Waals surface area contributed by atoms with Gasteiger partial charge in [0.25, 0.3) is 0 Å². The summed E-state index contributed by atoms with van der Waals surface area (Å²) >= 11 is 0. The third-order valence-corrected chi connectivity index (χ3v) is 5.49. The monoisotopic (exact) mass is 307 g/mol. The lowest BCUT2D eigenvalue weighted by atomic mass is 9.91. The maximum absolute atomic E-state index is 12.5. The van der Waals surface area contributed by atoms with E-state index in [2.05, 4.69) is 5.32 Å². The average Bonchev–Trinajstić information content (AvgIpc) is 3.10. The van der Waals surface area contributed by atoms with E-state index in [0.29, 0.717) is 24.2 Å². The number of hydrogen-bond donors (Lipinski definition) is 1. The van der Waals surface area contributed by atoms with E-state index in [9.17, 15) is 9.59 Å². The molecule has 0 aromatic heterocycles. The van der Waals surface area contributed by atoms with Crippen molar-refractivity contribution in [3.63, 3.8) is 0 Å². The molecule has 0 radical (unpaired) electrons. The van der Waals surface area contributed by atoms with Gasteiger partial charge in [-0.1, -0.05) is 0 Å². The van der Waals surface area contributed by atoms with Crippen molar-refractivity contribution in [2.75, 3.05) is 39.3 Å². The Hall–Kier alpha value is -1.10. The van der Waals surface area contributed by atoms with E-state index in [1.165, 1.54) is 0 Å². The van der Waals surface area contributed by atoms with Gasteiger partial charge in [0.15, 0.2) is 0 Å². The van der Waals surface area contributed by atoms with Crippen LogP contribution in [0.1, 0.15) is 44.9 Å². The number of piperidine rings is 2. The molecule has 124 valence electrons. The van der Waals surface area contributed by atoms with Crippen LogP contribution < -0.4 is 5.32 Å².